The largest absolute Gasteiger partial charge is 0.476 e. The molecule has 0 unspecified atom stereocenters. The molecule has 0 fully saturated rings. The van der Waals surface area contributed by atoms with Crippen molar-refractivity contribution in [3.63, 3.8) is 0 Å². The molecule has 0 bridgehead atoms. The maximum Gasteiger partial charge on any atom is 0.372 e. The normalized spacial score (nSPS) is 9.80. The molecule has 0 saturated carbocycles. The fourth-order valence-electron chi connectivity index (χ4n) is 0.953. The number of rotatable bonds is 3. The topological polar surface area (TPSA) is 107 Å². The minimum Gasteiger partial charge on any atom is -0.476 e. The summed E-state index contributed by atoms with van der Waals surface area (Å²) in [5.41, 5.74) is 5.02. The third kappa shape index (κ3) is 2.03. The molecule has 1 heterocycles. The molecule has 0 aliphatic rings. The highest BCUT2D eigenvalue weighted by molar-refractivity contribution is 5.61. The first-order valence-corrected chi connectivity index (χ1v) is 4.00. The lowest BCUT2D eigenvalue weighted by molar-refractivity contribution is -0.385. The van der Waals surface area contributed by atoms with Crippen molar-refractivity contribution in [1.29, 1.82) is 0 Å². The average Bonchev–Trinajstić information content (AvgIpc) is 2.15. The number of nitrogens with zero attached hydrogens (tertiary/aromatic N) is 4. The molecule has 0 saturated heterocycles. The van der Waals surface area contributed by atoms with E-state index in [1.807, 2.05) is 0 Å². The number of hydrogen-bond donors (Lipinski definition) is 1. The van der Waals surface area contributed by atoms with E-state index in [-0.39, 0.29) is 17.6 Å². The average molecular weight is 213 g/mol. The number of aromatic nitrogens is 2. The van der Waals surface area contributed by atoms with Gasteiger partial charge in [-0.05, 0) is 0 Å². The first-order valence-electron chi connectivity index (χ1n) is 4.00. The Labute approximate surface area is 85.8 Å². The van der Waals surface area contributed by atoms with Crippen LogP contribution in [0.2, 0.25) is 0 Å². The zero-order valence-electron chi connectivity index (χ0n) is 8.59. The van der Waals surface area contributed by atoms with Crippen LogP contribution in [0.5, 0.6) is 5.88 Å². The molecule has 0 spiro atoms. The predicted molar refractivity (Wildman–Crippen MR) is 54.0 cm³/mol. The minimum atomic E-state index is -0.673. The van der Waals surface area contributed by atoms with Gasteiger partial charge in [-0.25, -0.2) is 0 Å². The van der Waals surface area contributed by atoms with Gasteiger partial charge in [0.2, 0.25) is 11.8 Å². The second-order valence-electron chi connectivity index (χ2n) is 2.92. The zero-order valence-corrected chi connectivity index (χ0v) is 8.59. The van der Waals surface area contributed by atoms with Crippen molar-refractivity contribution in [2.45, 2.75) is 0 Å². The van der Waals surface area contributed by atoms with Crippen molar-refractivity contribution in [3.05, 3.63) is 10.1 Å². The van der Waals surface area contributed by atoms with Crippen LogP contribution in [0.4, 0.5) is 17.5 Å². The Morgan fingerprint density at radius 2 is 2.07 bits per heavy atom. The maximum absolute atomic E-state index is 10.6. The van der Waals surface area contributed by atoms with Gasteiger partial charge in [-0.3, -0.25) is 10.1 Å². The highest BCUT2D eigenvalue weighted by Crippen LogP contribution is 2.30. The summed E-state index contributed by atoms with van der Waals surface area (Å²) in [6, 6.07) is 0. The summed E-state index contributed by atoms with van der Waals surface area (Å²) < 4.78 is 4.78. The van der Waals surface area contributed by atoms with Gasteiger partial charge in [-0.2, -0.15) is 9.97 Å². The number of anilines is 2. The molecule has 0 aliphatic carbocycles. The highest BCUT2D eigenvalue weighted by atomic mass is 16.6. The molecule has 0 radical (unpaired) electrons. The van der Waals surface area contributed by atoms with E-state index in [0.717, 1.165) is 0 Å². The second kappa shape index (κ2) is 3.95. The lowest BCUT2D eigenvalue weighted by atomic mass is 10.4. The van der Waals surface area contributed by atoms with Gasteiger partial charge in [0.25, 0.3) is 0 Å². The van der Waals surface area contributed by atoms with E-state index >= 15 is 0 Å². The van der Waals surface area contributed by atoms with Crippen molar-refractivity contribution in [3.8, 4) is 5.88 Å². The van der Waals surface area contributed by atoms with E-state index in [1.54, 1.807) is 19.0 Å². The summed E-state index contributed by atoms with van der Waals surface area (Å²) in [5.74, 6) is -0.0956. The van der Waals surface area contributed by atoms with Crippen LogP contribution >= 0.6 is 0 Å². The molecule has 2 N–H and O–H groups in total. The zero-order chi connectivity index (χ0) is 11.6. The van der Waals surface area contributed by atoms with E-state index in [2.05, 4.69) is 9.97 Å². The Bertz CT molecular complexity index is 392. The predicted octanol–water partition coefficient (Wildman–Crippen LogP) is 0.0416. The van der Waals surface area contributed by atoms with Gasteiger partial charge in [-0.15, -0.1) is 0 Å². The molecule has 8 nitrogen and oxygen atoms in total. The number of methoxy groups -OCH3 is 1. The van der Waals surface area contributed by atoms with Crippen molar-refractivity contribution in [2.75, 3.05) is 31.8 Å². The van der Waals surface area contributed by atoms with Crippen LogP contribution in [0.3, 0.4) is 0 Å². The Hall–Kier alpha value is -2.12. The summed E-state index contributed by atoms with van der Waals surface area (Å²) in [7, 11) is 4.67. The van der Waals surface area contributed by atoms with Crippen LogP contribution in [-0.2, 0) is 0 Å². The molecule has 1 aromatic heterocycles. The number of nitrogen functional groups attached to an aromatic ring is 1. The van der Waals surface area contributed by atoms with Crippen molar-refractivity contribution in [2.24, 2.45) is 0 Å². The van der Waals surface area contributed by atoms with E-state index in [9.17, 15) is 10.1 Å². The summed E-state index contributed by atoms with van der Waals surface area (Å²) in [6.07, 6.45) is 0. The van der Waals surface area contributed by atoms with Crippen molar-refractivity contribution < 1.29 is 9.66 Å². The van der Waals surface area contributed by atoms with E-state index in [1.165, 1.54) is 7.11 Å². The van der Waals surface area contributed by atoms with Crippen molar-refractivity contribution in [1.82, 2.24) is 9.97 Å². The van der Waals surface area contributed by atoms with Crippen LogP contribution in [0, 0.1) is 10.1 Å². The lowest BCUT2D eigenvalue weighted by Gasteiger charge is -2.11. The van der Waals surface area contributed by atoms with E-state index in [4.69, 9.17) is 10.5 Å². The van der Waals surface area contributed by atoms with Crippen LogP contribution in [-0.4, -0.2) is 36.1 Å². The summed E-state index contributed by atoms with van der Waals surface area (Å²) in [5, 5.41) is 10.6. The Morgan fingerprint density at radius 3 is 2.47 bits per heavy atom. The monoisotopic (exact) mass is 213 g/mol. The standard InChI is InChI=1S/C7H11N5O3/c1-11(2)7-9-5(8)4(12(13)14)6(10-7)15-3/h1-3H3,(H2,8,9,10). The molecule has 1 aromatic rings. The Balaban J connectivity index is 3.37. The van der Waals surface area contributed by atoms with Gasteiger partial charge in [0.05, 0.1) is 12.0 Å². The molecule has 0 amide bonds. The first kappa shape index (κ1) is 11.0. The molecule has 1 rings (SSSR count). The summed E-state index contributed by atoms with van der Waals surface area (Å²) in [6.45, 7) is 0. The number of hydrogen-bond acceptors (Lipinski definition) is 7. The molecule has 82 valence electrons. The fourth-order valence-corrected chi connectivity index (χ4v) is 0.953. The molecular weight excluding hydrogens is 202 g/mol. The van der Waals surface area contributed by atoms with Gasteiger partial charge < -0.3 is 15.4 Å². The molecule has 0 aliphatic heterocycles. The minimum absolute atomic E-state index is 0.142. The fraction of sp³-hybridized carbons (Fsp3) is 0.429. The molecule has 8 heteroatoms. The molecule has 0 aromatic carbocycles. The van der Waals surface area contributed by atoms with Crippen molar-refractivity contribution >= 4 is 17.5 Å². The van der Waals surface area contributed by atoms with E-state index in [0.29, 0.717) is 0 Å². The van der Waals surface area contributed by atoms with Gasteiger partial charge in [0, 0.05) is 14.1 Å². The quantitative estimate of drug-likeness (QED) is 0.557. The van der Waals surface area contributed by atoms with Gasteiger partial charge in [-0.1, -0.05) is 0 Å². The first-order chi connectivity index (χ1) is 6.97. The molecular formula is C7H11N5O3. The third-order valence-electron chi connectivity index (χ3n) is 1.64. The number of nitro groups is 1. The van der Waals surface area contributed by atoms with Gasteiger partial charge in [0.15, 0.2) is 0 Å². The number of ether oxygens (including phenoxy) is 1. The lowest BCUT2D eigenvalue weighted by Crippen LogP contribution is -2.15. The smallest absolute Gasteiger partial charge is 0.372 e. The highest BCUT2D eigenvalue weighted by Gasteiger charge is 2.24. The van der Waals surface area contributed by atoms with Gasteiger partial charge in [0.1, 0.15) is 0 Å². The Kier molecular flexibility index (Phi) is 2.88. The second-order valence-corrected chi connectivity index (χ2v) is 2.92. The number of nitrogens with two attached hydrogens (primary N) is 1. The Morgan fingerprint density at radius 1 is 1.47 bits per heavy atom. The van der Waals surface area contributed by atoms with E-state index < -0.39 is 10.6 Å². The maximum atomic E-state index is 10.6. The molecule has 0 atom stereocenters. The summed E-state index contributed by atoms with van der Waals surface area (Å²) in [4.78, 5) is 19.2. The van der Waals surface area contributed by atoms with Crippen LogP contribution < -0.4 is 15.4 Å². The van der Waals surface area contributed by atoms with Crippen LogP contribution in [0.25, 0.3) is 0 Å². The third-order valence-corrected chi connectivity index (χ3v) is 1.64. The SMILES string of the molecule is COc1nc(N(C)C)nc(N)c1[N+](=O)[O-]. The summed E-state index contributed by atoms with van der Waals surface area (Å²) >= 11 is 0. The van der Waals surface area contributed by atoms with Gasteiger partial charge >= 0.3 is 11.6 Å². The molecule has 15 heavy (non-hydrogen) atoms. The van der Waals surface area contributed by atoms with Crippen LogP contribution in [0.15, 0.2) is 0 Å². The van der Waals surface area contributed by atoms with Crippen LogP contribution in [0.1, 0.15) is 0 Å².